The van der Waals surface area contributed by atoms with E-state index in [1.807, 2.05) is 50.2 Å². The Bertz CT molecular complexity index is 927. The highest BCUT2D eigenvalue weighted by Gasteiger charge is 2.35. The van der Waals surface area contributed by atoms with Crippen LogP contribution in [0.15, 0.2) is 52.7 Å². The number of rotatable bonds is 6. The van der Waals surface area contributed by atoms with E-state index >= 15 is 0 Å². The molecule has 1 aliphatic heterocycles. The van der Waals surface area contributed by atoms with Crippen molar-refractivity contribution in [1.82, 2.24) is 4.90 Å². The minimum Gasteiger partial charge on any atom is -0.497 e. The first-order chi connectivity index (χ1) is 13.5. The summed E-state index contributed by atoms with van der Waals surface area (Å²) in [4.78, 5) is 14.3. The van der Waals surface area contributed by atoms with Crippen molar-refractivity contribution in [2.75, 3.05) is 14.2 Å². The van der Waals surface area contributed by atoms with Crippen LogP contribution in [0.25, 0.3) is 0 Å². The topological polar surface area (TPSA) is 63.5 Å². The number of hydrogen-bond donors (Lipinski definition) is 0. The molecule has 146 valence electrons. The molecule has 1 saturated heterocycles. The van der Waals surface area contributed by atoms with Crippen molar-refractivity contribution in [1.29, 1.82) is 0 Å². The van der Waals surface area contributed by atoms with Gasteiger partial charge in [0.2, 0.25) is 5.91 Å². The first-order valence-electron chi connectivity index (χ1n) is 8.89. The summed E-state index contributed by atoms with van der Waals surface area (Å²) in [6.07, 6.45) is 1.62. The molecule has 0 bridgehead atoms. The molecule has 1 atom stereocenters. The molecule has 0 N–H and O–H groups in total. The third-order valence-corrected chi connectivity index (χ3v) is 5.57. The molecular weight excluding hydrogens is 374 g/mol. The molecule has 0 aromatic heterocycles. The molecule has 6 nitrogen and oxygen atoms in total. The van der Waals surface area contributed by atoms with E-state index in [0.29, 0.717) is 23.2 Å². The van der Waals surface area contributed by atoms with Gasteiger partial charge >= 0.3 is 0 Å². The number of carbonyl (C=O) groups excluding carboxylic acids is 1. The SMILES string of the molecule is COc1ccc(/C=N\N=C2\S[C@H](C)C(=O)N2Cc2ccccc2C)c(OC)c1. The fourth-order valence-electron chi connectivity index (χ4n) is 2.83. The van der Waals surface area contributed by atoms with E-state index in [4.69, 9.17) is 9.47 Å². The summed E-state index contributed by atoms with van der Waals surface area (Å²) in [5, 5.41) is 8.94. The Kier molecular flexibility index (Phi) is 6.36. The second-order valence-corrected chi connectivity index (χ2v) is 7.65. The lowest BCUT2D eigenvalue weighted by Gasteiger charge is -2.16. The number of ether oxygens (including phenoxy) is 2. The Morgan fingerprint density at radius 3 is 2.68 bits per heavy atom. The van der Waals surface area contributed by atoms with Crippen molar-refractivity contribution in [3.8, 4) is 11.5 Å². The summed E-state index contributed by atoms with van der Waals surface area (Å²) >= 11 is 1.42. The molecule has 1 aliphatic rings. The number of aryl methyl sites for hydroxylation is 1. The van der Waals surface area contributed by atoms with Crippen LogP contribution in [0, 0.1) is 6.92 Å². The first-order valence-corrected chi connectivity index (χ1v) is 9.77. The second-order valence-electron chi connectivity index (χ2n) is 6.35. The quantitative estimate of drug-likeness (QED) is 0.548. The molecule has 0 saturated carbocycles. The van der Waals surface area contributed by atoms with Gasteiger partial charge in [0.15, 0.2) is 5.17 Å². The predicted octanol–water partition coefficient (Wildman–Crippen LogP) is 3.87. The largest absolute Gasteiger partial charge is 0.497 e. The van der Waals surface area contributed by atoms with Crippen LogP contribution < -0.4 is 9.47 Å². The van der Waals surface area contributed by atoms with Gasteiger partial charge in [-0.3, -0.25) is 9.69 Å². The molecule has 1 fully saturated rings. The molecule has 1 heterocycles. The van der Waals surface area contributed by atoms with E-state index in [1.165, 1.54) is 11.8 Å². The maximum Gasteiger partial charge on any atom is 0.242 e. The Morgan fingerprint density at radius 1 is 1.18 bits per heavy atom. The highest BCUT2D eigenvalue weighted by atomic mass is 32.2. The molecule has 2 aromatic carbocycles. The Labute approximate surface area is 169 Å². The monoisotopic (exact) mass is 397 g/mol. The number of hydrogen-bond acceptors (Lipinski definition) is 6. The van der Waals surface area contributed by atoms with Crippen molar-refractivity contribution >= 4 is 29.1 Å². The summed E-state index contributed by atoms with van der Waals surface area (Å²) in [6.45, 7) is 4.41. The van der Waals surface area contributed by atoms with Gasteiger partial charge in [-0.2, -0.15) is 5.10 Å². The van der Waals surface area contributed by atoms with E-state index in [1.54, 1.807) is 31.4 Å². The van der Waals surface area contributed by atoms with Crippen molar-refractivity contribution in [2.24, 2.45) is 10.2 Å². The molecule has 0 aliphatic carbocycles. The van der Waals surface area contributed by atoms with Crippen molar-refractivity contribution in [2.45, 2.75) is 25.6 Å². The van der Waals surface area contributed by atoms with E-state index < -0.39 is 0 Å². The van der Waals surface area contributed by atoms with Crippen LogP contribution in [0.1, 0.15) is 23.6 Å². The Morgan fingerprint density at radius 2 is 1.96 bits per heavy atom. The number of thioether (sulfide) groups is 1. The number of amides is 1. The highest BCUT2D eigenvalue weighted by molar-refractivity contribution is 8.15. The summed E-state index contributed by atoms with van der Waals surface area (Å²) in [5.74, 6) is 1.39. The van der Waals surface area contributed by atoms with Crippen LogP contribution in [0.4, 0.5) is 0 Å². The molecule has 0 radical (unpaired) electrons. The van der Waals surface area contributed by atoms with Crippen LogP contribution in [0.5, 0.6) is 11.5 Å². The summed E-state index contributed by atoms with van der Waals surface area (Å²) in [6, 6.07) is 13.5. The number of amidine groups is 1. The Hall–Kier alpha value is -2.80. The lowest BCUT2D eigenvalue weighted by atomic mass is 10.1. The average molecular weight is 398 g/mol. The van der Waals surface area contributed by atoms with Gasteiger partial charge < -0.3 is 9.47 Å². The van der Waals surface area contributed by atoms with Gasteiger partial charge in [0.25, 0.3) is 0 Å². The summed E-state index contributed by atoms with van der Waals surface area (Å²) in [7, 11) is 3.20. The van der Waals surface area contributed by atoms with Crippen molar-refractivity contribution in [3.63, 3.8) is 0 Å². The number of benzene rings is 2. The summed E-state index contributed by atoms with van der Waals surface area (Å²) in [5.41, 5.74) is 3.02. The van der Waals surface area contributed by atoms with Gasteiger partial charge in [-0.05, 0) is 37.1 Å². The van der Waals surface area contributed by atoms with Crippen LogP contribution in [-0.4, -0.2) is 41.7 Å². The number of carbonyl (C=O) groups is 1. The maximum absolute atomic E-state index is 12.6. The maximum atomic E-state index is 12.6. The Balaban J connectivity index is 1.82. The van der Waals surface area contributed by atoms with Crippen LogP contribution in [-0.2, 0) is 11.3 Å². The minimum absolute atomic E-state index is 0.0456. The highest BCUT2D eigenvalue weighted by Crippen LogP contribution is 2.29. The number of methoxy groups -OCH3 is 2. The fraction of sp³-hybridized carbons (Fsp3) is 0.286. The molecule has 1 amide bonds. The van der Waals surface area contributed by atoms with Gasteiger partial charge in [-0.1, -0.05) is 36.0 Å². The first kappa shape index (κ1) is 19.9. The third-order valence-electron chi connectivity index (χ3n) is 4.50. The molecule has 7 heteroatoms. The smallest absolute Gasteiger partial charge is 0.242 e. The van der Waals surface area contributed by atoms with Gasteiger partial charge in [-0.25, -0.2) is 0 Å². The zero-order valence-electron chi connectivity index (χ0n) is 16.4. The predicted molar refractivity (Wildman–Crippen MR) is 113 cm³/mol. The van der Waals surface area contributed by atoms with Gasteiger partial charge in [-0.15, -0.1) is 5.10 Å². The van der Waals surface area contributed by atoms with Gasteiger partial charge in [0.1, 0.15) is 11.5 Å². The molecule has 28 heavy (non-hydrogen) atoms. The van der Waals surface area contributed by atoms with Crippen LogP contribution in [0.2, 0.25) is 0 Å². The van der Waals surface area contributed by atoms with Crippen molar-refractivity contribution < 1.29 is 14.3 Å². The zero-order chi connectivity index (χ0) is 20.1. The van der Waals surface area contributed by atoms with Crippen LogP contribution >= 0.6 is 11.8 Å². The molecule has 0 unspecified atom stereocenters. The molecule has 0 spiro atoms. The van der Waals surface area contributed by atoms with E-state index in [2.05, 4.69) is 10.2 Å². The van der Waals surface area contributed by atoms with E-state index in [0.717, 1.165) is 16.7 Å². The summed E-state index contributed by atoms with van der Waals surface area (Å²) < 4.78 is 10.6. The molecule has 3 rings (SSSR count). The minimum atomic E-state index is -0.173. The van der Waals surface area contributed by atoms with E-state index in [9.17, 15) is 4.79 Å². The van der Waals surface area contributed by atoms with Gasteiger partial charge in [0, 0.05) is 11.6 Å². The van der Waals surface area contributed by atoms with Gasteiger partial charge in [0.05, 0.1) is 32.2 Å². The normalized spacial score (nSPS) is 18.3. The van der Waals surface area contributed by atoms with Crippen molar-refractivity contribution in [3.05, 3.63) is 59.2 Å². The lowest BCUT2D eigenvalue weighted by molar-refractivity contribution is -0.126. The third kappa shape index (κ3) is 4.36. The van der Waals surface area contributed by atoms with Crippen LogP contribution in [0.3, 0.4) is 0 Å². The molecule has 2 aromatic rings. The zero-order valence-corrected chi connectivity index (χ0v) is 17.2. The lowest BCUT2D eigenvalue weighted by Crippen LogP contribution is -2.31. The fourth-order valence-corrected chi connectivity index (χ4v) is 3.75. The number of nitrogens with zero attached hydrogens (tertiary/aromatic N) is 3. The standard InChI is InChI=1S/C21H23N3O3S/c1-14-7-5-6-8-17(14)13-24-20(25)15(2)28-21(24)23-22-12-16-9-10-18(26-3)11-19(16)27-4/h5-12,15H,13H2,1-4H3/b22-12-,23-21+/t15-/m1/s1. The average Bonchev–Trinajstić information content (AvgIpc) is 2.97. The van der Waals surface area contributed by atoms with E-state index in [-0.39, 0.29) is 11.2 Å². The second kappa shape index (κ2) is 8.93. The molecular formula is C21H23N3O3S.